The second kappa shape index (κ2) is 12.2. The lowest BCUT2D eigenvalue weighted by atomic mass is 9.73. The van der Waals surface area contributed by atoms with Crippen LogP contribution in [-0.4, -0.2) is 9.97 Å². The standard InChI is InChI=1S/C45H36N2O2/c1-5-14-41-34(6-2)35-22-23-37-43(36(35)28-48-41)49-42-24-21-32(26-38(42)45(37,3)4)31-19-13-20-33(25-31)44-46-39(29-15-9-7-10-16-29)27-40(47-44)30-17-11-8-12-18-30/h5-27H,2,28H2,1,3-4H3/b14-5-. The lowest BCUT2D eigenvalue weighted by Crippen LogP contribution is -2.26. The third-order valence-corrected chi connectivity index (χ3v) is 9.57. The molecule has 6 aromatic rings. The van der Waals surface area contributed by atoms with Crippen LogP contribution in [0.3, 0.4) is 0 Å². The highest BCUT2D eigenvalue weighted by Crippen LogP contribution is 2.52. The molecule has 238 valence electrons. The molecule has 0 aliphatic carbocycles. The Hall–Kier alpha value is -6.00. The number of ether oxygens (including phenoxy) is 2. The Kier molecular flexibility index (Phi) is 7.57. The molecule has 0 fully saturated rings. The van der Waals surface area contributed by atoms with E-state index in [0.29, 0.717) is 12.4 Å². The molecule has 3 heterocycles. The van der Waals surface area contributed by atoms with Crippen molar-refractivity contribution in [3.8, 4) is 56.5 Å². The quantitative estimate of drug-likeness (QED) is 0.182. The van der Waals surface area contributed by atoms with E-state index in [4.69, 9.17) is 19.4 Å². The van der Waals surface area contributed by atoms with Crippen molar-refractivity contribution in [2.24, 2.45) is 0 Å². The molecule has 0 spiro atoms. The highest BCUT2D eigenvalue weighted by molar-refractivity contribution is 5.83. The third-order valence-electron chi connectivity index (χ3n) is 9.57. The van der Waals surface area contributed by atoms with Crippen molar-refractivity contribution in [2.45, 2.75) is 32.8 Å². The molecule has 0 saturated heterocycles. The van der Waals surface area contributed by atoms with Crippen molar-refractivity contribution in [1.82, 2.24) is 9.97 Å². The minimum absolute atomic E-state index is 0.301. The maximum Gasteiger partial charge on any atom is 0.160 e. The van der Waals surface area contributed by atoms with Gasteiger partial charge in [-0.1, -0.05) is 130 Å². The van der Waals surface area contributed by atoms with Crippen LogP contribution in [0.5, 0.6) is 11.5 Å². The molecule has 49 heavy (non-hydrogen) atoms. The number of fused-ring (bicyclic) bond motifs is 4. The zero-order valence-electron chi connectivity index (χ0n) is 27.9. The first-order valence-corrected chi connectivity index (χ1v) is 16.7. The number of hydrogen-bond donors (Lipinski definition) is 0. The van der Waals surface area contributed by atoms with E-state index in [1.54, 1.807) is 0 Å². The van der Waals surface area contributed by atoms with Gasteiger partial charge in [0.1, 0.15) is 23.9 Å². The summed E-state index contributed by atoms with van der Waals surface area (Å²) in [5.74, 6) is 3.27. The van der Waals surface area contributed by atoms with E-state index in [-0.39, 0.29) is 5.41 Å². The summed E-state index contributed by atoms with van der Waals surface area (Å²) < 4.78 is 12.9. The second-order valence-electron chi connectivity index (χ2n) is 13.0. The summed E-state index contributed by atoms with van der Waals surface area (Å²) in [6, 6.07) is 42.0. The minimum atomic E-state index is -0.301. The summed E-state index contributed by atoms with van der Waals surface area (Å²) in [5, 5.41) is 0. The molecule has 0 bridgehead atoms. The van der Waals surface area contributed by atoms with Gasteiger partial charge >= 0.3 is 0 Å². The summed E-state index contributed by atoms with van der Waals surface area (Å²) in [7, 11) is 0. The predicted octanol–water partition coefficient (Wildman–Crippen LogP) is 11.6. The highest BCUT2D eigenvalue weighted by atomic mass is 16.5. The van der Waals surface area contributed by atoms with Crippen LogP contribution in [0.25, 0.3) is 50.6 Å². The Balaban J connectivity index is 1.18. The van der Waals surface area contributed by atoms with Crippen molar-refractivity contribution in [2.75, 3.05) is 0 Å². The summed E-state index contributed by atoms with van der Waals surface area (Å²) in [6.45, 7) is 11.1. The Morgan fingerprint density at radius 2 is 1.33 bits per heavy atom. The summed E-state index contributed by atoms with van der Waals surface area (Å²) >= 11 is 0. The van der Waals surface area contributed by atoms with Crippen LogP contribution >= 0.6 is 0 Å². The highest BCUT2D eigenvalue weighted by Gasteiger charge is 2.37. The molecule has 4 nitrogen and oxygen atoms in total. The van der Waals surface area contributed by atoms with Crippen LogP contribution < -0.4 is 4.74 Å². The van der Waals surface area contributed by atoms with Gasteiger partial charge in [0.15, 0.2) is 5.82 Å². The van der Waals surface area contributed by atoms with E-state index in [0.717, 1.165) is 84.3 Å². The van der Waals surface area contributed by atoms with Gasteiger partial charge in [0.2, 0.25) is 0 Å². The summed E-state index contributed by atoms with van der Waals surface area (Å²) in [6.07, 6.45) is 5.85. The number of nitrogens with zero attached hydrogens (tertiary/aromatic N) is 2. The molecule has 0 amide bonds. The number of benzene rings is 5. The Morgan fingerprint density at radius 1 is 0.673 bits per heavy atom. The summed E-state index contributed by atoms with van der Waals surface area (Å²) in [4.78, 5) is 10.1. The SMILES string of the molecule is C=CC1=C(/C=C\C)OCc2c1ccc1c2Oc2ccc(-c3cccc(-c4nc(-c5ccccc5)cc(-c5ccccc5)n4)c3)cc2C1(C)C. The largest absolute Gasteiger partial charge is 0.488 e. The number of rotatable bonds is 6. The molecule has 0 saturated carbocycles. The van der Waals surface area contributed by atoms with Gasteiger partial charge in [-0.3, -0.25) is 0 Å². The van der Waals surface area contributed by atoms with Gasteiger partial charge in [0, 0.05) is 44.4 Å². The van der Waals surface area contributed by atoms with E-state index < -0.39 is 0 Å². The predicted molar refractivity (Wildman–Crippen MR) is 199 cm³/mol. The first-order chi connectivity index (χ1) is 23.9. The van der Waals surface area contributed by atoms with Crippen LogP contribution in [0.2, 0.25) is 0 Å². The number of hydrogen-bond acceptors (Lipinski definition) is 4. The average Bonchev–Trinajstić information content (AvgIpc) is 3.15. The lowest BCUT2D eigenvalue weighted by molar-refractivity contribution is 0.204. The van der Waals surface area contributed by atoms with Gasteiger partial charge in [-0.05, 0) is 54.0 Å². The van der Waals surface area contributed by atoms with Crippen LogP contribution in [-0.2, 0) is 16.8 Å². The van der Waals surface area contributed by atoms with Crippen molar-refractivity contribution >= 4 is 5.57 Å². The molecule has 0 atom stereocenters. The fraction of sp³-hybridized carbons (Fsp3) is 0.111. The molecular weight excluding hydrogens is 601 g/mol. The van der Waals surface area contributed by atoms with Crippen molar-refractivity contribution in [3.05, 3.63) is 174 Å². The zero-order chi connectivity index (χ0) is 33.5. The van der Waals surface area contributed by atoms with Crippen LogP contribution in [0, 0.1) is 0 Å². The van der Waals surface area contributed by atoms with Crippen LogP contribution in [0.15, 0.2) is 152 Å². The molecule has 4 heteroatoms. The van der Waals surface area contributed by atoms with E-state index >= 15 is 0 Å². The van der Waals surface area contributed by atoms with Gasteiger partial charge in [-0.15, -0.1) is 0 Å². The van der Waals surface area contributed by atoms with Crippen molar-refractivity contribution in [1.29, 1.82) is 0 Å². The normalized spacial score (nSPS) is 14.3. The fourth-order valence-electron chi connectivity index (χ4n) is 6.96. The van der Waals surface area contributed by atoms with E-state index in [1.165, 1.54) is 0 Å². The van der Waals surface area contributed by atoms with Gasteiger partial charge in [0.25, 0.3) is 0 Å². The first kappa shape index (κ1) is 30.3. The Bertz CT molecular complexity index is 2240. The summed E-state index contributed by atoms with van der Waals surface area (Å²) in [5.41, 5.74) is 12.2. The second-order valence-corrected chi connectivity index (χ2v) is 13.0. The average molecular weight is 637 g/mol. The number of allylic oxidation sites excluding steroid dienone is 4. The molecule has 2 aliphatic heterocycles. The maximum absolute atomic E-state index is 6.72. The minimum Gasteiger partial charge on any atom is -0.488 e. The molecule has 5 aromatic carbocycles. The van der Waals surface area contributed by atoms with Gasteiger partial charge in [0.05, 0.1) is 11.4 Å². The molecule has 8 rings (SSSR count). The van der Waals surface area contributed by atoms with Crippen LogP contribution in [0.1, 0.15) is 43.0 Å². The van der Waals surface area contributed by atoms with E-state index in [9.17, 15) is 0 Å². The molecule has 0 N–H and O–H groups in total. The van der Waals surface area contributed by atoms with Gasteiger partial charge < -0.3 is 9.47 Å². The zero-order valence-corrected chi connectivity index (χ0v) is 27.9. The molecular formula is C45H36N2O2. The molecule has 1 aromatic heterocycles. The maximum atomic E-state index is 6.72. The number of aromatic nitrogens is 2. The third kappa shape index (κ3) is 5.36. The Morgan fingerprint density at radius 3 is 2.00 bits per heavy atom. The smallest absolute Gasteiger partial charge is 0.160 e. The van der Waals surface area contributed by atoms with E-state index in [2.05, 4.69) is 105 Å². The van der Waals surface area contributed by atoms with Gasteiger partial charge in [-0.2, -0.15) is 0 Å². The Labute approximate surface area is 287 Å². The molecule has 0 radical (unpaired) electrons. The monoisotopic (exact) mass is 636 g/mol. The van der Waals surface area contributed by atoms with Crippen molar-refractivity contribution < 1.29 is 9.47 Å². The first-order valence-electron chi connectivity index (χ1n) is 16.7. The van der Waals surface area contributed by atoms with Crippen LogP contribution in [0.4, 0.5) is 0 Å². The molecule has 2 aliphatic rings. The molecule has 0 unspecified atom stereocenters. The topological polar surface area (TPSA) is 44.2 Å². The van der Waals surface area contributed by atoms with Crippen molar-refractivity contribution in [3.63, 3.8) is 0 Å². The fourth-order valence-corrected chi connectivity index (χ4v) is 6.96. The van der Waals surface area contributed by atoms with Gasteiger partial charge in [-0.25, -0.2) is 9.97 Å². The van der Waals surface area contributed by atoms with E-state index in [1.807, 2.05) is 61.5 Å². The lowest BCUT2D eigenvalue weighted by Gasteiger charge is -2.37.